The fraction of sp³-hybridized carbons (Fsp3) is 0.312. The van der Waals surface area contributed by atoms with E-state index in [1.54, 1.807) is 6.07 Å². The van der Waals surface area contributed by atoms with E-state index in [0.29, 0.717) is 12.6 Å². The summed E-state index contributed by atoms with van der Waals surface area (Å²) in [6.07, 6.45) is 5.06. The van der Waals surface area contributed by atoms with Crippen LogP contribution >= 0.6 is 0 Å². The molecule has 2 heterocycles. The van der Waals surface area contributed by atoms with E-state index in [1.807, 2.05) is 35.3 Å². The zero-order valence-corrected chi connectivity index (χ0v) is 11.8. The second kappa shape index (κ2) is 5.12. The predicted octanol–water partition coefficient (Wildman–Crippen LogP) is 4.00. The number of hydrogen-bond donors (Lipinski definition) is 0. The summed E-state index contributed by atoms with van der Waals surface area (Å²) >= 11 is 0. The van der Waals surface area contributed by atoms with Gasteiger partial charge in [-0.1, -0.05) is 6.92 Å². The summed E-state index contributed by atoms with van der Waals surface area (Å²) in [7, 11) is 0. The van der Waals surface area contributed by atoms with Crippen LogP contribution in [0.15, 0.2) is 42.7 Å². The molecule has 0 aliphatic carbocycles. The lowest BCUT2D eigenvalue weighted by atomic mass is 10.2. The Bertz CT molecular complexity index is 726. The lowest BCUT2D eigenvalue weighted by Crippen LogP contribution is -2.06. The molecule has 0 N–H and O–H groups in total. The van der Waals surface area contributed by atoms with Crippen LogP contribution in [-0.4, -0.2) is 14.3 Å². The largest absolute Gasteiger partial charge is 0.341 e. The van der Waals surface area contributed by atoms with Crippen molar-refractivity contribution in [3.8, 4) is 0 Å². The molecule has 0 aliphatic heterocycles. The third kappa shape index (κ3) is 2.33. The topological polar surface area (TPSA) is 22.8 Å². The normalized spacial score (nSPS) is 12.9. The first-order valence-corrected chi connectivity index (χ1v) is 6.96. The highest BCUT2D eigenvalue weighted by molar-refractivity contribution is 5.80. The highest BCUT2D eigenvalue weighted by Crippen LogP contribution is 2.18. The molecule has 3 rings (SSSR count). The van der Waals surface area contributed by atoms with Crippen LogP contribution in [0, 0.1) is 5.82 Å². The van der Waals surface area contributed by atoms with E-state index in [9.17, 15) is 4.39 Å². The minimum Gasteiger partial charge on any atom is -0.341 e. The maximum Gasteiger partial charge on any atom is 0.123 e. The minimum absolute atomic E-state index is 0.198. The molecule has 0 fully saturated rings. The molecule has 1 atom stereocenters. The molecule has 2 aromatic heterocycles. The maximum absolute atomic E-state index is 13.2. The Balaban J connectivity index is 1.87. The molecule has 1 aromatic carbocycles. The average Bonchev–Trinajstić information content (AvgIpc) is 3.06. The molecule has 20 heavy (non-hydrogen) atoms. The van der Waals surface area contributed by atoms with Crippen LogP contribution in [0.2, 0.25) is 0 Å². The third-order valence-electron chi connectivity index (χ3n) is 3.77. The molecular formula is C16H18FN3. The van der Waals surface area contributed by atoms with E-state index in [-0.39, 0.29) is 5.82 Å². The molecule has 1 unspecified atom stereocenters. The van der Waals surface area contributed by atoms with Crippen LogP contribution in [-0.2, 0) is 6.54 Å². The summed E-state index contributed by atoms with van der Waals surface area (Å²) in [4.78, 5) is 0. The summed E-state index contributed by atoms with van der Waals surface area (Å²) in [6.45, 7) is 5.02. The molecule has 0 radical (unpaired) electrons. The Hall–Kier alpha value is -2.10. The lowest BCUT2D eigenvalue weighted by molar-refractivity contribution is 0.472. The van der Waals surface area contributed by atoms with Crippen molar-refractivity contribution in [2.75, 3.05) is 0 Å². The van der Waals surface area contributed by atoms with Crippen LogP contribution in [0.3, 0.4) is 0 Å². The van der Waals surface area contributed by atoms with Gasteiger partial charge in [-0.05, 0) is 43.7 Å². The van der Waals surface area contributed by atoms with Gasteiger partial charge in [0.15, 0.2) is 0 Å². The molecule has 0 bridgehead atoms. The van der Waals surface area contributed by atoms with Gasteiger partial charge in [-0.3, -0.25) is 4.68 Å². The van der Waals surface area contributed by atoms with Gasteiger partial charge in [-0.2, -0.15) is 5.10 Å². The summed E-state index contributed by atoms with van der Waals surface area (Å²) in [5, 5.41) is 5.52. The number of fused-ring (bicyclic) bond motifs is 1. The summed E-state index contributed by atoms with van der Waals surface area (Å²) in [6, 6.07) is 9.27. The first kappa shape index (κ1) is 12.9. The number of benzene rings is 1. The summed E-state index contributed by atoms with van der Waals surface area (Å²) in [5.41, 5.74) is 2.05. The van der Waals surface area contributed by atoms with Gasteiger partial charge in [0.1, 0.15) is 5.82 Å². The van der Waals surface area contributed by atoms with Crippen molar-refractivity contribution >= 4 is 10.9 Å². The van der Waals surface area contributed by atoms with Gasteiger partial charge >= 0.3 is 0 Å². The number of halogens is 1. The van der Waals surface area contributed by atoms with Gasteiger partial charge in [0.2, 0.25) is 0 Å². The summed E-state index contributed by atoms with van der Waals surface area (Å²) in [5.74, 6) is -0.198. The fourth-order valence-corrected chi connectivity index (χ4v) is 2.38. The zero-order valence-electron chi connectivity index (χ0n) is 11.8. The number of nitrogens with zero attached hydrogens (tertiary/aromatic N) is 3. The van der Waals surface area contributed by atoms with Crippen molar-refractivity contribution in [3.63, 3.8) is 0 Å². The smallest absolute Gasteiger partial charge is 0.123 e. The van der Waals surface area contributed by atoms with Crippen LogP contribution in [0.4, 0.5) is 4.39 Å². The minimum atomic E-state index is -0.198. The van der Waals surface area contributed by atoms with Crippen molar-refractivity contribution in [1.29, 1.82) is 0 Å². The summed E-state index contributed by atoms with van der Waals surface area (Å²) < 4.78 is 17.3. The van der Waals surface area contributed by atoms with Gasteiger partial charge in [0.05, 0.1) is 12.2 Å². The van der Waals surface area contributed by atoms with Gasteiger partial charge in [-0.15, -0.1) is 0 Å². The standard InChI is InChI=1S/C16H18FN3/c1-3-12(2)20-9-7-15(18-20)11-19-8-6-13-10-14(17)4-5-16(13)19/h4-10,12H,3,11H2,1-2H3. The second-order valence-electron chi connectivity index (χ2n) is 5.19. The first-order chi connectivity index (χ1) is 9.67. The molecule has 0 saturated carbocycles. The van der Waals surface area contributed by atoms with E-state index >= 15 is 0 Å². The van der Waals surface area contributed by atoms with Gasteiger partial charge in [0, 0.05) is 29.3 Å². The second-order valence-corrected chi connectivity index (χ2v) is 5.19. The van der Waals surface area contributed by atoms with Crippen molar-refractivity contribution in [1.82, 2.24) is 14.3 Å². The van der Waals surface area contributed by atoms with E-state index < -0.39 is 0 Å². The van der Waals surface area contributed by atoms with Gasteiger partial charge in [0.25, 0.3) is 0 Å². The van der Waals surface area contributed by atoms with Crippen LogP contribution < -0.4 is 0 Å². The van der Waals surface area contributed by atoms with Gasteiger partial charge < -0.3 is 4.57 Å². The van der Waals surface area contributed by atoms with Crippen molar-refractivity contribution in [2.45, 2.75) is 32.9 Å². The molecular weight excluding hydrogens is 253 g/mol. The Kier molecular flexibility index (Phi) is 3.30. The van der Waals surface area contributed by atoms with Crippen molar-refractivity contribution in [3.05, 3.63) is 54.2 Å². The van der Waals surface area contributed by atoms with E-state index in [4.69, 9.17) is 0 Å². The van der Waals surface area contributed by atoms with Crippen LogP contribution in [0.25, 0.3) is 10.9 Å². The average molecular weight is 271 g/mol. The monoisotopic (exact) mass is 271 g/mol. The number of aromatic nitrogens is 3. The quantitative estimate of drug-likeness (QED) is 0.703. The van der Waals surface area contributed by atoms with E-state index in [0.717, 1.165) is 23.0 Å². The van der Waals surface area contributed by atoms with Crippen LogP contribution in [0.1, 0.15) is 32.0 Å². The third-order valence-corrected chi connectivity index (χ3v) is 3.77. The van der Waals surface area contributed by atoms with Crippen molar-refractivity contribution in [2.24, 2.45) is 0 Å². The SMILES string of the molecule is CCC(C)n1ccc(Cn2ccc3cc(F)ccc32)n1. The predicted molar refractivity (Wildman–Crippen MR) is 78.2 cm³/mol. The molecule has 0 spiro atoms. The highest BCUT2D eigenvalue weighted by Gasteiger charge is 2.07. The number of rotatable bonds is 4. The Labute approximate surface area is 117 Å². The van der Waals surface area contributed by atoms with Crippen LogP contribution in [0.5, 0.6) is 0 Å². The Morgan fingerprint density at radius 3 is 2.85 bits per heavy atom. The molecule has 3 aromatic rings. The Morgan fingerprint density at radius 2 is 2.05 bits per heavy atom. The molecule has 104 valence electrons. The van der Waals surface area contributed by atoms with E-state index in [1.165, 1.54) is 6.07 Å². The molecule has 0 saturated heterocycles. The lowest BCUT2D eigenvalue weighted by Gasteiger charge is -2.08. The molecule has 0 amide bonds. The number of hydrogen-bond acceptors (Lipinski definition) is 1. The van der Waals surface area contributed by atoms with E-state index in [2.05, 4.69) is 23.5 Å². The first-order valence-electron chi connectivity index (χ1n) is 6.96. The van der Waals surface area contributed by atoms with Crippen molar-refractivity contribution < 1.29 is 4.39 Å². The highest BCUT2D eigenvalue weighted by atomic mass is 19.1. The fourth-order valence-electron chi connectivity index (χ4n) is 2.38. The van der Waals surface area contributed by atoms with Gasteiger partial charge in [-0.25, -0.2) is 4.39 Å². The Morgan fingerprint density at radius 1 is 1.20 bits per heavy atom. The molecule has 4 heteroatoms. The molecule has 3 nitrogen and oxygen atoms in total. The zero-order chi connectivity index (χ0) is 14.1. The maximum atomic E-state index is 13.2. The molecule has 0 aliphatic rings.